The van der Waals surface area contributed by atoms with Crippen molar-refractivity contribution in [2.24, 2.45) is 0 Å². The van der Waals surface area contributed by atoms with Crippen molar-refractivity contribution in [3.63, 3.8) is 0 Å². The van der Waals surface area contributed by atoms with Gasteiger partial charge in [-0.05, 0) is 54.3 Å². The van der Waals surface area contributed by atoms with Crippen LogP contribution in [0.2, 0.25) is 5.02 Å². The van der Waals surface area contributed by atoms with E-state index in [-0.39, 0.29) is 18.6 Å². The average molecular weight is 423 g/mol. The number of aliphatic carboxylic acids is 1. The molecule has 3 rings (SSSR count). The second kappa shape index (κ2) is 10.1. The van der Waals surface area contributed by atoms with Gasteiger partial charge < -0.3 is 9.84 Å². The quantitative estimate of drug-likeness (QED) is 0.426. The molecule has 0 bridgehead atoms. The lowest BCUT2D eigenvalue weighted by Crippen LogP contribution is -2.16. The number of benzene rings is 3. The zero-order valence-electron chi connectivity index (χ0n) is 16.7. The molecule has 0 heterocycles. The summed E-state index contributed by atoms with van der Waals surface area (Å²) < 4.78 is 5.84. The van der Waals surface area contributed by atoms with Gasteiger partial charge in [-0.2, -0.15) is 0 Å². The number of carbonyl (C=O) groups excluding carboxylic acids is 1. The average Bonchev–Trinajstić information content (AvgIpc) is 2.74. The van der Waals surface area contributed by atoms with E-state index in [1.54, 1.807) is 36.4 Å². The van der Waals surface area contributed by atoms with Crippen LogP contribution in [0.25, 0.3) is 0 Å². The van der Waals surface area contributed by atoms with Crippen LogP contribution in [0.1, 0.15) is 45.8 Å². The van der Waals surface area contributed by atoms with Crippen LogP contribution in [0.4, 0.5) is 0 Å². The number of carboxylic acid groups (broad SMARTS) is 1. The summed E-state index contributed by atoms with van der Waals surface area (Å²) in [6.07, 6.45) is 0.173. The highest BCUT2D eigenvalue weighted by atomic mass is 35.5. The molecule has 0 spiro atoms. The summed E-state index contributed by atoms with van der Waals surface area (Å²) in [5, 5.41) is 9.79. The molecule has 1 N–H and O–H groups in total. The van der Waals surface area contributed by atoms with E-state index >= 15 is 0 Å². The van der Waals surface area contributed by atoms with Crippen molar-refractivity contribution in [3.05, 3.63) is 100 Å². The van der Waals surface area contributed by atoms with Crippen LogP contribution < -0.4 is 4.74 Å². The van der Waals surface area contributed by atoms with Gasteiger partial charge in [-0.25, -0.2) is 0 Å². The number of hydrogen-bond acceptors (Lipinski definition) is 3. The van der Waals surface area contributed by atoms with E-state index in [2.05, 4.69) is 0 Å². The Balaban J connectivity index is 1.80. The second-order valence-corrected chi connectivity index (χ2v) is 7.59. The number of hydrogen-bond donors (Lipinski definition) is 1. The Morgan fingerprint density at radius 3 is 2.43 bits per heavy atom. The van der Waals surface area contributed by atoms with Crippen LogP contribution in [0.3, 0.4) is 0 Å². The van der Waals surface area contributed by atoms with Gasteiger partial charge in [0.25, 0.3) is 0 Å². The van der Waals surface area contributed by atoms with E-state index in [9.17, 15) is 9.59 Å². The van der Waals surface area contributed by atoms with Gasteiger partial charge in [0, 0.05) is 22.9 Å². The molecular weight excluding hydrogens is 400 g/mol. The Labute approximate surface area is 181 Å². The summed E-state index contributed by atoms with van der Waals surface area (Å²) >= 11 is 5.91. The third-order valence-corrected chi connectivity index (χ3v) is 5.22. The first-order chi connectivity index (χ1) is 14.4. The Morgan fingerprint density at radius 2 is 1.73 bits per heavy atom. The molecule has 30 heavy (non-hydrogen) atoms. The molecule has 4 nitrogen and oxygen atoms in total. The molecule has 0 unspecified atom stereocenters. The molecule has 0 aromatic heterocycles. The molecule has 154 valence electrons. The predicted octanol–water partition coefficient (Wildman–Crippen LogP) is 6.06. The molecule has 0 aliphatic heterocycles. The van der Waals surface area contributed by atoms with E-state index in [4.69, 9.17) is 21.4 Å². The van der Waals surface area contributed by atoms with Crippen LogP contribution in [-0.4, -0.2) is 16.9 Å². The molecule has 0 fully saturated rings. The molecule has 3 aromatic rings. The summed E-state index contributed by atoms with van der Waals surface area (Å²) in [5.41, 5.74) is 3.30. The minimum Gasteiger partial charge on any atom is -0.489 e. The van der Waals surface area contributed by atoms with Gasteiger partial charge in [-0.3, -0.25) is 9.59 Å². The van der Waals surface area contributed by atoms with Crippen molar-refractivity contribution in [2.75, 3.05) is 0 Å². The van der Waals surface area contributed by atoms with Crippen LogP contribution in [0.15, 0.2) is 72.8 Å². The fraction of sp³-hybridized carbons (Fsp3) is 0.200. The fourth-order valence-corrected chi connectivity index (χ4v) is 3.49. The fourth-order valence-electron chi connectivity index (χ4n) is 3.36. The lowest BCUT2D eigenvalue weighted by molar-refractivity contribution is -0.137. The summed E-state index contributed by atoms with van der Waals surface area (Å²) in [4.78, 5) is 24.4. The van der Waals surface area contributed by atoms with Crippen molar-refractivity contribution >= 4 is 23.4 Å². The van der Waals surface area contributed by atoms with E-state index in [0.717, 1.165) is 16.7 Å². The largest absolute Gasteiger partial charge is 0.489 e. The van der Waals surface area contributed by atoms with E-state index in [0.29, 0.717) is 22.9 Å². The summed E-state index contributed by atoms with van der Waals surface area (Å²) in [5.74, 6) is -0.963. The topological polar surface area (TPSA) is 63.6 Å². The number of Topliss-reactive ketones (excluding diaryl/α,β-unsaturated/α-hetero) is 1. The smallest absolute Gasteiger partial charge is 0.303 e. The first-order valence-corrected chi connectivity index (χ1v) is 10.1. The highest BCUT2D eigenvalue weighted by Gasteiger charge is 2.24. The number of halogens is 1. The maximum Gasteiger partial charge on any atom is 0.303 e. The highest BCUT2D eigenvalue weighted by molar-refractivity contribution is 6.30. The SMILES string of the molecule is Cc1ccccc1[C@H](CCC(=O)O)C(=O)c1cccc(OCc2ccc(Cl)cc2)c1. The molecule has 0 saturated carbocycles. The Bertz CT molecular complexity index is 1030. The number of ketones is 1. The number of ether oxygens (including phenoxy) is 1. The Morgan fingerprint density at radius 1 is 1.00 bits per heavy atom. The van der Waals surface area contributed by atoms with Gasteiger partial charge in [-0.15, -0.1) is 0 Å². The van der Waals surface area contributed by atoms with Gasteiger partial charge in [0.2, 0.25) is 0 Å². The molecule has 0 radical (unpaired) electrons. The van der Waals surface area contributed by atoms with Crippen molar-refractivity contribution in [3.8, 4) is 5.75 Å². The first kappa shape index (κ1) is 21.6. The molecule has 0 amide bonds. The third-order valence-electron chi connectivity index (χ3n) is 4.96. The van der Waals surface area contributed by atoms with Crippen LogP contribution >= 0.6 is 11.6 Å². The molecule has 0 saturated heterocycles. The van der Waals surface area contributed by atoms with Gasteiger partial charge >= 0.3 is 5.97 Å². The maximum atomic E-state index is 13.3. The summed E-state index contributed by atoms with van der Waals surface area (Å²) in [6, 6.07) is 22.0. The molecule has 0 aliphatic rings. The monoisotopic (exact) mass is 422 g/mol. The number of carboxylic acids is 1. The Hall–Kier alpha value is -3.11. The van der Waals surface area contributed by atoms with Crippen LogP contribution in [0.5, 0.6) is 5.75 Å². The van der Waals surface area contributed by atoms with Gasteiger partial charge in [0.15, 0.2) is 5.78 Å². The van der Waals surface area contributed by atoms with Crippen molar-refractivity contribution < 1.29 is 19.4 Å². The van der Waals surface area contributed by atoms with Gasteiger partial charge in [0.1, 0.15) is 12.4 Å². The van der Waals surface area contributed by atoms with E-state index in [1.165, 1.54) is 0 Å². The minimum atomic E-state index is -0.915. The van der Waals surface area contributed by atoms with Crippen LogP contribution in [-0.2, 0) is 11.4 Å². The zero-order valence-corrected chi connectivity index (χ0v) is 17.4. The molecule has 5 heteroatoms. The normalized spacial score (nSPS) is 11.7. The van der Waals surface area contributed by atoms with Crippen LogP contribution in [0, 0.1) is 6.92 Å². The highest BCUT2D eigenvalue weighted by Crippen LogP contribution is 2.29. The molecule has 1 atom stereocenters. The summed E-state index contributed by atoms with van der Waals surface area (Å²) in [6.45, 7) is 2.29. The second-order valence-electron chi connectivity index (χ2n) is 7.15. The van der Waals surface area contributed by atoms with E-state index in [1.807, 2.05) is 43.3 Å². The standard InChI is InChI=1S/C25H23ClO4/c1-17-5-2-3-8-22(17)23(13-14-24(27)28)25(29)19-6-4-7-21(15-19)30-16-18-9-11-20(26)12-10-18/h2-12,15,23H,13-14,16H2,1H3,(H,27,28)/t23-/m0/s1. The number of aryl methyl sites for hydroxylation is 1. The third kappa shape index (κ3) is 5.71. The lowest BCUT2D eigenvalue weighted by atomic mass is 9.85. The first-order valence-electron chi connectivity index (χ1n) is 9.73. The molecular formula is C25H23ClO4. The van der Waals surface area contributed by atoms with Crippen molar-refractivity contribution in [1.29, 1.82) is 0 Å². The van der Waals surface area contributed by atoms with Crippen molar-refractivity contribution in [2.45, 2.75) is 32.3 Å². The lowest BCUT2D eigenvalue weighted by Gasteiger charge is -2.18. The van der Waals surface area contributed by atoms with E-state index < -0.39 is 11.9 Å². The number of carbonyl (C=O) groups is 2. The summed E-state index contributed by atoms with van der Waals surface area (Å²) in [7, 11) is 0. The van der Waals surface area contributed by atoms with Crippen molar-refractivity contribution in [1.82, 2.24) is 0 Å². The number of rotatable bonds is 9. The zero-order chi connectivity index (χ0) is 21.5. The predicted molar refractivity (Wildman–Crippen MR) is 117 cm³/mol. The molecule has 0 aliphatic carbocycles. The Kier molecular flexibility index (Phi) is 7.26. The molecule has 3 aromatic carbocycles. The van der Waals surface area contributed by atoms with Gasteiger partial charge in [0.05, 0.1) is 0 Å². The van der Waals surface area contributed by atoms with Gasteiger partial charge in [-0.1, -0.05) is 60.1 Å². The minimum absolute atomic E-state index is 0.0719. The maximum absolute atomic E-state index is 13.3.